The van der Waals surface area contributed by atoms with E-state index in [1.807, 2.05) is 26.0 Å². The fraction of sp³-hybridized carbons (Fsp3) is 0.538. The smallest absolute Gasteiger partial charge is 0.215 e. The Hall–Kier alpha value is -0.620. The van der Waals surface area contributed by atoms with Crippen molar-refractivity contribution in [1.29, 1.82) is 0 Å². The predicted octanol–water partition coefficient (Wildman–Crippen LogP) is 2.15. The molecule has 0 aliphatic carbocycles. The van der Waals surface area contributed by atoms with E-state index < -0.39 is 15.3 Å². The minimum Gasteiger partial charge on any atom is -0.313 e. The molecular formula is C13H21ClN2O2S. The second-order valence-electron chi connectivity index (χ2n) is 4.87. The molecule has 0 saturated heterocycles. The van der Waals surface area contributed by atoms with Crippen LogP contribution in [0.4, 0.5) is 0 Å². The molecule has 0 aliphatic rings. The van der Waals surface area contributed by atoms with Gasteiger partial charge < -0.3 is 5.32 Å². The van der Waals surface area contributed by atoms with Crippen molar-refractivity contribution < 1.29 is 8.42 Å². The lowest BCUT2D eigenvalue weighted by Crippen LogP contribution is -2.40. The lowest BCUT2D eigenvalue weighted by atomic mass is 10.2. The van der Waals surface area contributed by atoms with Crippen LogP contribution in [0, 0.1) is 0 Å². The molecule has 0 aliphatic heterocycles. The van der Waals surface area contributed by atoms with Crippen molar-refractivity contribution in [3.63, 3.8) is 0 Å². The first-order chi connectivity index (χ1) is 8.81. The molecule has 4 nitrogen and oxygen atoms in total. The summed E-state index contributed by atoms with van der Waals surface area (Å²) < 4.78 is 26.6. The Bertz CT molecular complexity index is 486. The van der Waals surface area contributed by atoms with E-state index in [-0.39, 0.29) is 12.6 Å². The molecule has 0 bridgehead atoms. The molecule has 108 valence electrons. The van der Waals surface area contributed by atoms with Gasteiger partial charge in [-0.1, -0.05) is 37.6 Å². The van der Waals surface area contributed by atoms with Crippen LogP contribution >= 0.6 is 11.6 Å². The molecule has 1 atom stereocenters. The monoisotopic (exact) mass is 304 g/mol. The van der Waals surface area contributed by atoms with Crippen LogP contribution in [0.25, 0.3) is 0 Å². The van der Waals surface area contributed by atoms with Crippen LogP contribution in [-0.4, -0.2) is 26.3 Å². The predicted molar refractivity (Wildman–Crippen MR) is 79.8 cm³/mol. The molecule has 0 saturated carbocycles. The zero-order valence-electron chi connectivity index (χ0n) is 11.5. The van der Waals surface area contributed by atoms with Crippen LogP contribution in [0.5, 0.6) is 0 Å². The van der Waals surface area contributed by atoms with Gasteiger partial charge in [-0.05, 0) is 24.6 Å². The molecule has 1 aromatic carbocycles. The van der Waals surface area contributed by atoms with Crippen molar-refractivity contribution in [2.75, 3.05) is 6.54 Å². The highest BCUT2D eigenvalue weighted by Gasteiger charge is 2.20. The molecule has 19 heavy (non-hydrogen) atoms. The van der Waals surface area contributed by atoms with Crippen molar-refractivity contribution in [3.05, 3.63) is 34.9 Å². The molecule has 0 aromatic heterocycles. The summed E-state index contributed by atoms with van der Waals surface area (Å²) in [7, 11) is -3.31. The van der Waals surface area contributed by atoms with Gasteiger partial charge in [0.15, 0.2) is 0 Å². The van der Waals surface area contributed by atoms with Gasteiger partial charge in [-0.25, -0.2) is 13.1 Å². The van der Waals surface area contributed by atoms with Crippen molar-refractivity contribution in [2.24, 2.45) is 0 Å². The summed E-state index contributed by atoms with van der Waals surface area (Å²) in [5, 5.41) is 3.29. The summed E-state index contributed by atoms with van der Waals surface area (Å²) in [6.07, 6.45) is 0. The largest absolute Gasteiger partial charge is 0.313 e. The van der Waals surface area contributed by atoms with Gasteiger partial charge in [0.1, 0.15) is 0 Å². The van der Waals surface area contributed by atoms with E-state index in [9.17, 15) is 8.42 Å². The SMILES string of the molecule is CC(C)NCC(C)S(=O)(=O)NCc1ccc(Cl)cc1. The first-order valence-corrected chi connectivity index (χ1v) is 8.20. The van der Waals surface area contributed by atoms with Crippen LogP contribution in [0.15, 0.2) is 24.3 Å². The third-order valence-electron chi connectivity index (χ3n) is 2.73. The summed E-state index contributed by atoms with van der Waals surface area (Å²) in [6.45, 7) is 6.39. The van der Waals surface area contributed by atoms with Gasteiger partial charge in [0.25, 0.3) is 0 Å². The first kappa shape index (κ1) is 16.4. The minimum absolute atomic E-state index is 0.272. The zero-order valence-corrected chi connectivity index (χ0v) is 13.1. The summed E-state index contributed by atoms with van der Waals surface area (Å²) >= 11 is 5.78. The van der Waals surface area contributed by atoms with Crippen molar-refractivity contribution in [1.82, 2.24) is 10.0 Å². The third-order valence-corrected chi connectivity index (χ3v) is 4.76. The van der Waals surface area contributed by atoms with E-state index in [0.717, 1.165) is 5.56 Å². The number of halogens is 1. The van der Waals surface area contributed by atoms with Gasteiger partial charge in [0.05, 0.1) is 5.25 Å². The maximum atomic E-state index is 12.0. The van der Waals surface area contributed by atoms with Crippen LogP contribution in [0.2, 0.25) is 5.02 Å². The van der Waals surface area contributed by atoms with Gasteiger partial charge in [-0.2, -0.15) is 0 Å². The van der Waals surface area contributed by atoms with E-state index in [4.69, 9.17) is 11.6 Å². The zero-order chi connectivity index (χ0) is 14.5. The molecule has 0 radical (unpaired) electrons. The van der Waals surface area contributed by atoms with Crippen LogP contribution < -0.4 is 10.0 Å². The summed E-state index contributed by atoms with van der Waals surface area (Å²) in [6, 6.07) is 7.38. The average molecular weight is 305 g/mol. The van der Waals surface area contributed by atoms with Crippen LogP contribution in [0.1, 0.15) is 26.3 Å². The van der Waals surface area contributed by atoms with Gasteiger partial charge in [0.2, 0.25) is 10.0 Å². The average Bonchev–Trinajstić information content (AvgIpc) is 2.35. The maximum absolute atomic E-state index is 12.0. The molecule has 0 heterocycles. The highest BCUT2D eigenvalue weighted by Crippen LogP contribution is 2.10. The van der Waals surface area contributed by atoms with Gasteiger partial charge >= 0.3 is 0 Å². The molecule has 0 fully saturated rings. The first-order valence-electron chi connectivity index (χ1n) is 6.27. The Balaban J connectivity index is 2.52. The molecule has 2 N–H and O–H groups in total. The summed E-state index contributed by atoms with van der Waals surface area (Å²) in [4.78, 5) is 0. The fourth-order valence-electron chi connectivity index (χ4n) is 1.44. The minimum atomic E-state index is -3.31. The number of nitrogens with one attached hydrogen (secondary N) is 2. The normalized spacial score (nSPS) is 13.7. The Kier molecular flexibility index (Phi) is 6.26. The Morgan fingerprint density at radius 2 is 1.74 bits per heavy atom. The Morgan fingerprint density at radius 1 is 1.16 bits per heavy atom. The molecule has 1 aromatic rings. The van der Waals surface area contributed by atoms with E-state index >= 15 is 0 Å². The third kappa shape index (κ3) is 5.91. The summed E-state index contributed by atoms with van der Waals surface area (Å²) in [5.41, 5.74) is 0.886. The molecule has 0 spiro atoms. The molecule has 1 unspecified atom stereocenters. The van der Waals surface area contributed by atoms with E-state index in [1.54, 1.807) is 19.1 Å². The molecule has 6 heteroatoms. The van der Waals surface area contributed by atoms with Gasteiger partial charge in [0, 0.05) is 24.2 Å². The quantitative estimate of drug-likeness (QED) is 0.811. The Morgan fingerprint density at radius 3 is 2.26 bits per heavy atom. The van der Waals surface area contributed by atoms with E-state index in [0.29, 0.717) is 11.6 Å². The van der Waals surface area contributed by atoms with E-state index in [2.05, 4.69) is 10.0 Å². The highest BCUT2D eigenvalue weighted by atomic mass is 35.5. The van der Waals surface area contributed by atoms with Crippen LogP contribution in [-0.2, 0) is 16.6 Å². The Labute approximate surface area is 120 Å². The summed E-state index contributed by atoms with van der Waals surface area (Å²) in [5.74, 6) is 0. The van der Waals surface area contributed by atoms with Gasteiger partial charge in [-0.3, -0.25) is 0 Å². The number of sulfonamides is 1. The van der Waals surface area contributed by atoms with Crippen molar-refractivity contribution in [3.8, 4) is 0 Å². The van der Waals surface area contributed by atoms with E-state index in [1.165, 1.54) is 0 Å². The lowest BCUT2D eigenvalue weighted by Gasteiger charge is -2.16. The standard InChI is InChI=1S/C13H21ClN2O2S/c1-10(2)15-8-11(3)19(17,18)16-9-12-4-6-13(14)7-5-12/h4-7,10-11,15-16H,8-9H2,1-3H3. The van der Waals surface area contributed by atoms with Crippen molar-refractivity contribution >= 4 is 21.6 Å². The fourth-order valence-corrected chi connectivity index (χ4v) is 2.53. The molecule has 1 rings (SSSR count). The van der Waals surface area contributed by atoms with Crippen LogP contribution in [0.3, 0.4) is 0 Å². The molecule has 0 amide bonds. The number of rotatable bonds is 7. The second-order valence-corrected chi connectivity index (χ2v) is 7.49. The van der Waals surface area contributed by atoms with Gasteiger partial charge in [-0.15, -0.1) is 0 Å². The number of hydrogen-bond acceptors (Lipinski definition) is 3. The topological polar surface area (TPSA) is 58.2 Å². The van der Waals surface area contributed by atoms with Crippen molar-refractivity contribution in [2.45, 2.75) is 38.6 Å². The molecular weight excluding hydrogens is 284 g/mol. The second kappa shape index (κ2) is 7.24. The maximum Gasteiger partial charge on any atom is 0.215 e. The number of benzene rings is 1. The highest BCUT2D eigenvalue weighted by molar-refractivity contribution is 7.90. The lowest BCUT2D eigenvalue weighted by molar-refractivity contribution is 0.540. The number of hydrogen-bond donors (Lipinski definition) is 2.